The number of hydrogen-bond acceptors (Lipinski definition) is 3. The first kappa shape index (κ1) is 17.7. The van der Waals surface area contributed by atoms with E-state index in [0.717, 1.165) is 37.0 Å². The van der Waals surface area contributed by atoms with Crippen LogP contribution in [0, 0.1) is 5.82 Å². The summed E-state index contributed by atoms with van der Waals surface area (Å²) in [6.07, 6.45) is 5.48. The van der Waals surface area contributed by atoms with E-state index in [4.69, 9.17) is 0 Å². The highest BCUT2D eigenvalue weighted by atomic mass is 19.1. The number of hydrogen-bond donors (Lipinski definition) is 1. The molecule has 1 saturated heterocycles. The molecule has 0 saturated carbocycles. The fraction of sp³-hybridized carbons (Fsp3) is 0.333. The summed E-state index contributed by atoms with van der Waals surface area (Å²) in [6, 6.07) is 10.4. The number of piperidine rings is 1. The molecule has 1 N–H and O–H groups in total. The smallest absolute Gasteiger partial charge is 0.255 e. The normalized spacial score (nSPS) is 15.9. The van der Waals surface area contributed by atoms with Gasteiger partial charge in [-0.15, -0.1) is 0 Å². The minimum Gasteiger partial charge on any atom is -0.349 e. The summed E-state index contributed by atoms with van der Waals surface area (Å²) in [5.41, 5.74) is 3.16. The Kier molecular flexibility index (Phi) is 4.90. The second kappa shape index (κ2) is 7.48. The first-order chi connectivity index (χ1) is 13.1. The average molecular weight is 366 g/mol. The molecule has 27 heavy (non-hydrogen) atoms. The molecule has 0 spiro atoms. The summed E-state index contributed by atoms with van der Waals surface area (Å²) in [4.78, 5) is 19.6. The third-order valence-corrected chi connectivity index (χ3v) is 5.20. The van der Waals surface area contributed by atoms with Gasteiger partial charge in [0.1, 0.15) is 11.3 Å². The van der Waals surface area contributed by atoms with Crippen LogP contribution in [0.1, 0.15) is 28.8 Å². The number of benzene rings is 1. The highest BCUT2D eigenvalue weighted by Gasteiger charge is 2.22. The first-order valence-electron chi connectivity index (χ1n) is 9.28. The van der Waals surface area contributed by atoms with Crippen molar-refractivity contribution in [2.75, 3.05) is 20.1 Å². The van der Waals surface area contributed by atoms with Gasteiger partial charge in [-0.2, -0.15) is 0 Å². The highest BCUT2D eigenvalue weighted by molar-refractivity contribution is 6.05. The Bertz CT molecular complexity index is 942. The van der Waals surface area contributed by atoms with Gasteiger partial charge in [-0.05, 0) is 62.8 Å². The Labute approximate surface area is 157 Å². The Morgan fingerprint density at radius 3 is 2.70 bits per heavy atom. The Hall–Kier alpha value is -2.73. The second-order valence-electron chi connectivity index (χ2n) is 7.22. The Morgan fingerprint density at radius 2 is 1.96 bits per heavy atom. The fourth-order valence-corrected chi connectivity index (χ4v) is 3.62. The minimum atomic E-state index is -0.254. The highest BCUT2D eigenvalue weighted by Crippen LogP contribution is 2.21. The van der Waals surface area contributed by atoms with Crippen LogP contribution < -0.4 is 5.32 Å². The maximum atomic E-state index is 13.2. The van der Waals surface area contributed by atoms with Crippen molar-refractivity contribution in [3.05, 3.63) is 65.7 Å². The fourth-order valence-electron chi connectivity index (χ4n) is 3.62. The lowest BCUT2D eigenvalue weighted by Gasteiger charge is -2.29. The van der Waals surface area contributed by atoms with Crippen molar-refractivity contribution in [3.63, 3.8) is 0 Å². The number of rotatable bonds is 4. The van der Waals surface area contributed by atoms with Crippen molar-refractivity contribution in [2.24, 2.45) is 0 Å². The standard InChI is InChI=1S/C21H23FN4O/c1-25-11-8-17(9-12-25)24-21(27)18-14-26(19-3-2-10-23-20(18)19)13-15-4-6-16(22)7-5-15/h2-7,10,14,17H,8-9,11-13H2,1H3,(H,24,27). The van der Waals surface area contributed by atoms with Crippen molar-refractivity contribution in [2.45, 2.75) is 25.4 Å². The number of halogens is 1. The van der Waals surface area contributed by atoms with Crippen molar-refractivity contribution in [3.8, 4) is 0 Å². The van der Waals surface area contributed by atoms with E-state index < -0.39 is 0 Å². The Balaban J connectivity index is 1.59. The lowest BCUT2D eigenvalue weighted by molar-refractivity contribution is 0.0918. The molecular formula is C21H23FN4O. The van der Waals surface area contributed by atoms with Gasteiger partial charge in [0, 0.05) is 25.0 Å². The van der Waals surface area contributed by atoms with E-state index in [-0.39, 0.29) is 17.8 Å². The average Bonchev–Trinajstić information content (AvgIpc) is 3.04. The number of likely N-dealkylation sites (tertiary alicyclic amines) is 1. The molecule has 3 aromatic rings. The van der Waals surface area contributed by atoms with Crippen LogP contribution in [-0.2, 0) is 6.54 Å². The van der Waals surface area contributed by atoms with Crippen molar-refractivity contribution >= 4 is 16.9 Å². The minimum absolute atomic E-state index is 0.0777. The summed E-state index contributed by atoms with van der Waals surface area (Å²) in [6.45, 7) is 2.55. The van der Waals surface area contributed by atoms with Gasteiger partial charge in [0.15, 0.2) is 0 Å². The molecule has 0 unspecified atom stereocenters. The molecule has 6 heteroatoms. The largest absolute Gasteiger partial charge is 0.349 e. The number of pyridine rings is 1. The molecule has 1 aliphatic rings. The van der Waals surface area contributed by atoms with E-state index in [9.17, 15) is 9.18 Å². The lowest BCUT2D eigenvalue weighted by Crippen LogP contribution is -2.43. The molecule has 0 aliphatic carbocycles. The molecule has 2 aromatic heterocycles. The van der Waals surface area contributed by atoms with Crippen molar-refractivity contribution in [1.82, 2.24) is 19.8 Å². The van der Waals surface area contributed by atoms with Crippen LogP contribution in [0.3, 0.4) is 0 Å². The molecule has 1 aromatic carbocycles. The van der Waals surface area contributed by atoms with Gasteiger partial charge in [-0.1, -0.05) is 12.1 Å². The van der Waals surface area contributed by atoms with Gasteiger partial charge in [0.2, 0.25) is 0 Å². The molecule has 5 nitrogen and oxygen atoms in total. The molecule has 4 rings (SSSR count). The first-order valence-corrected chi connectivity index (χ1v) is 9.28. The number of nitrogens with one attached hydrogen (secondary N) is 1. The van der Waals surface area contributed by atoms with Crippen LogP contribution in [-0.4, -0.2) is 46.5 Å². The van der Waals surface area contributed by atoms with Crippen LogP contribution >= 0.6 is 0 Å². The molecule has 140 valence electrons. The molecule has 3 heterocycles. The molecule has 1 aliphatic heterocycles. The molecule has 1 amide bonds. The predicted molar refractivity (Wildman–Crippen MR) is 103 cm³/mol. The number of amides is 1. The zero-order chi connectivity index (χ0) is 18.8. The van der Waals surface area contributed by atoms with E-state index in [0.29, 0.717) is 17.6 Å². The molecule has 0 radical (unpaired) electrons. The number of nitrogens with zero attached hydrogens (tertiary/aromatic N) is 3. The summed E-state index contributed by atoms with van der Waals surface area (Å²) in [5, 5.41) is 3.16. The van der Waals surface area contributed by atoms with Crippen LogP contribution in [0.4, 0.5) is 4.39 Å². The van der Waals surface area contributed by atoms with E-state index in [1.807, 2.05) is 22.9 Å². The topological polar surface area (TPSA) is 50.2 Å². The van der Waals surface area contributed by atoms with Crippen LogP contribution in [0.5, 0.6) is 0 Å². The SMILES string of the molecule is CN1CCC(NC(=O)c2cn(Cc3ccc(F)cc3)c3cccnc23)CC1. The Morgan fingerprint density at radius 1 is 1.22 bits per heavy atom. The zero-order valence-corrected chi connectivity index (χ0v) is 15.4. The van der Waals surface area contributed by atoms with Crippen molar-refractivity contribution in [1.29, 1.82) is 0 Å². The lowest BCUT2D eigenvalue weighted by atomic mass is 10.1. The summed E-state index contributed by atoms with van der Waals surface area (Å²) in [7, 11) is 2.10. The van der Waals surface area contributed by atoms with Crippen molar-refractivity contribution < 1.29 is 9.18 Å². The summed E-state index contributed by atoms with van der Waals surface area (Å²) < 4.78 is 15.2. The number of carbonyl (C=O) groups excluding carboxylic acids is 1. The monoisotopic (exact) mass is 366 g/mol. The maximum Gasteiger partial charge on any atom is 0.255 e. The van der Waals surface area contributed by atoms with E-state index in [1.54, 1.807) is 18.3 Å². The van der Waals surface area contributed by atoms with Crippen LogP contribution in [0.25, 0.3) is 11.0 Å². The quantitative estimate of drug-likeness (QED) is 0.772. The van der Waals surface area contributed by atoms with E-state index in [2.05, 4.69) is 22.2 Å². The zero-order valence-electron chi connectivity index (χ0n) is 15.4. The van der Waals surface area contributed by atoms with Crippen LogP contribution in [0.2, 0.25) is 0 Å². The maximum absolute atomic E-state index is 13.2. The molecular weight excluding hydrogens is 343 g/mol. The van der Waals surface area contributed by atoms with Gasteiger partial charge >= 0.3 is 0 Å². The molecule has 0 atom stereocenters. The van der Waals surface area contributed by atoms with Gasteiger partial charge in [0.05, 0.1) is 11.1 Å². The van der Waals surface area contributed by atoms with Gasteiger partial charge in [0.25, 0.3) is 5.91 Å². The number of aromatic nitrogens is 2. The number of fused-ring (bicyclic) bond motifs is 1. The van der Waals surface area contributed by atoms with Gasteiger partial charge in [-0.3, -0.25) is 9.78 Å². The second-order valence-corrected chi connectivity index (χ2v) is 7.22. The van der Waals surface area contributed by atoms with Crippen LogP contribution in [0.15, 0.2) is 48.8 Å². The molecule has 1 fully saturated rings. The third kappa shape index (κ3) is 3.85. The predicted octanol–water partition coefficient (Wildman–Crippen LogP) is 3.05. The van der Waals surface area contributed by atoms with E-state index in [1.165, 1.54) is 12.1 Å². The summed E-state index contributed by atoms with van der Waals surface area (Å²) >= 11 is 0. The van der Waals surface area contributed by atoms with E-state index >= 15 is 0 Å². The summed E-state index contributed by atoms with van der Waals surface area (Å²) in [5.74, 6) is -0.331. The third-order valence-electron chi connectivity index (χ3n) is 5.20. The number of carbonyl (C=O) groups is 1. The van der Waals surface area contributed by atoms with Gasteiger partial charge < -0.3 is 14.8 Å². The van der Waals surface area contributed by atoms with Gasteiger partial charge in [-0.25, -0.2) is 4.39 Å². The molecule has 0 bridgehead atoms.